The highest BCUT2D eigenvalue weighted by Crippen LogP contribution is 2.22. The van der Waals surface area contributed by atoms with Crippen molar-refractivity contribution in [3.63, 3.8) is 0 Å². The summed E-state index contributed by atoms with van der Waals surface area (Å²) in [5.41, 5.74) is 0. The monoisotopic (exact) mass is 277 g/mol. The Balaban J connectivity index is 2.42. The highest BCUT2D eigenvalue weighted by Gasteiger charge is 2.33. The molecule has 1 N–H and O–H groups in total. The maximum atomic E-state index is 12.3. The summed E-state index contributed by atoms with van der Waals surface area (Å²) < 4.78 is 27.7. The van der Waals surface area contributed by atoms with Crippen LogP contribution in [0, 0.1) is 0 Å². The van der Waals surface area contributed by atoms with Gasteiger partial charge in [0.2, 0.25) is 0 Å². The molecule has 0 bridgehead atoms. The summed E-state index contributed by atoms with van der Waals surface area (Å²) in [5, 5.41) is 3.30. The molecule has 1 fully saturated rings. The zero-order valence-corrected chi connectivity index (χ0v) is 12.8. The number of rotatable bonds is 7. The minimum atomic E-state index is -3.25. The van der Waals surface area contributed by atoms with E-state index in [1.807, 2.05) is 6.92 Å². The van der Waals surface area contributed by atoms with Crippen molar-refractivity contribution < 1.29 is 8.42 Å². The highest BCUT2D eigenvalue weighted by molar-refractivity contribution is 7.86. The second kappa shape index (κ2) is 6.84. The number of nitrogens with one attached hydrogen (secondary N) is 1. The normalized spacial score (nSPS) is 22.2. The lowest BCUT2D eigenvalue weighted by Crippen LogP contribution is -2.44. The van der Waals surface area contributed by atoms with Crippen LogP contribution in [0.1, 0.15) is 40.0 Å². The van der Waals surface area contributed by atoms with Gasteiger partial charge in [0.15, 0.2) is 0 Å². The lowest BCUT2D eigenvalue weighted by molar-refractivity contribution is 0.352. The van der Waals surface area contributed by atoms with Gasteiger partial charge in [0, 0.05) is 32.2 Å². The predicted molar refractivity (Wildman–Crippen MR) is 74.7 cm³/mol. The first-order valence-electron chi connectivity index (χ1n) is 6.82. The van der Waals surface area contributed by atoms with E-state index >= 15 is 0 Å². The molecule has 1 rings (SSSR count). The summed E-state index contributed by atoms with van der Waals surface area (Å²) in [7, 11) is -1.57. The molecule has 0 aromatic heterocycles. The first kappa shape index (κ1) is 15.9. The summed E-state index contributed by atoms with van der Waals surface area (Å²) in [4.78, 5) is 0. The topological polar surface area (TPSA) is 52.7 Å². The Labute approximate surface area is 112 Å². The van der Waals surface area contributed by atoms with E-state index in [1.54, 1.807) is 11.4 Å². The molecule has 1 unspecified atom stereocenters. The van der Waals surface area contributed by atoms with Gasteiger partial charge in [-0.05, 0) is 32.7 Å². The number of hydrogen-bond acceptors (Lipinski definition) is 3. The maximum Gasteiger partial charge on any atom is 0.281 e. The summed E-state index contributed by atoms with van der Waals surface area (Å²) >= 11 is 0. The Morgan fingerprint density at radius 2 is 2.11 bits per heavy atom. The molecule has 0 spiro atoms. The third-order valence-corrected chi connectivity index (χ3v) is 5.49. The molecule has 1 saturated heterocycles. The van der Waals surface area contributed by atoms with Crippen LogP contribution in [0.2, 0.25) is 0 Å². The van der Waals surface area contributed by atoms with E-state index in [-0.39, 0.29) is 6.04 Å². The summed E-state index contributed by atoms with van der Waals surface area (Å²) in [5.74, 6) is 0. The van der Waals surface area contributed by atoms with E-state index in [1.165, 1.54) is 4.31 Å². The first-order valence-corrected chi connectivity index (χ1v) is 8.22. The minimum Gasteiger partial charge on any atom is -0.314 e. The van der Waals surface area contributed by atoms with Gasteiger partial charge in [0.05, 0.1) is 0 Å². The van der Waals surface area contributed by atoms with Crippen LogP contribution < -0.4 is 5.32 Å². The van der Waals surface area contributed by atoms with Crippen LogP contribution in [0.15, 0.2) is 0 Å². The Morgan fingerprint density at radius 1 is 1.44 bits per heavy atom. The molecule has 108 valence electrons. The molecule has 1 heterocycles. The summed E-state index contributed by atoms with van der Waals surface area (Å²) in [6.45, 7) is 8.26. The fourth-order valence-corrected chi connectivity index (χ4v) is 3.87. The van der Waals surface area contributed by atoms with Crippen LogP contribution >= 0.6 is 0 Å². The third-order valence-electron chi connectivity index (χ3n) is 3.38. The van der Waals surface area contributed by atoms with Gasteiger partial charge < -0.3 is 5.32 Å². The fraction of sp³-hybridized carbons (Fsp3) is 1.00. The van der Waals surface area contributed by atoms with E-state index in [9.17, 15) is 8.42 Å². The molecular formula is C12H27N3O2S. The maximum absolute atomic E-state index is 12.3. The lowest BCUT2D eigenvalue weighted by atomic mass is 10.3. The van der Waals surface area contributed by atoms with E-state index in [0.717, 1.165) is 25.8 Å². The van der Waals surface area contributed by atoms with Crippen molar-refractivity contribution in [2.75, 3.05) is 26.7 Å². The summed E-state index contributed by atoms with van der Waals surface area (Å²) in [6, 6.07) is 0.594. The van der Waals surface area contributed by atoms with E-state index in [2.05, 4.69) is 19.2 Å². The molecule has 1 aliphatic heterocycles. The van der Waals surface area contributed by atoms with Crippen LogP contribution in [0.25, 0.3) is 0 Å². The van der Waals surface area contributed by atoms with Crippen LogP contribution in [0.4, 0.5) is 0 Å². The Bertz CT molecular complexity index is 343. The Kier molecular flexibility index (Phi) is 6.04. The SMILES string of the molecule is CC(C)NCCCN(C)S(=O)(=O)N1CCCC1C. The molecule has 0 amide bonds. The molecule has 0 saturated carbocycles. The average molecular weight is 277 g/mol. The number of nitrogens with zero attached hydrogens (tertiary/aromatic N) is 2. The minimum absolute atomic E-state index is 0.145. The molecule has 1 aliphatic rings. The van der Waals surface area contributed by atoms with Gasteiger partial charge in [-0.2, -0.15) is 17.0 Å². The predicted octanol–water partition coefficient (Wildman–Crippen LogP) is 1.04. The van der Waals surface area contributed by atoms with Crippen molar-refractivity contribution >= 4 is 10.2 Å². The molecule has 6 heteroatoms. The van der Waals surface area contributed by atoms with Gasteiger partial charge >= 0.3 is 0 Å². The zero-order valence-electron chi connectivity index (χ0n) is 12.0. The van der Waals surface area contributed by atoms with Gasteiger partial charge in [0.25, 0.3) is 10.2 Å². The van der Waals surface area contributed by atoms with Crippen LogP contribution in [-0.2, 0) is 10.2 Å². The van der Waals surface area contributed by atoms with E-state index < -0.39 is 10.2 Å². The van der Waals surface area contributed by atoms with Gasteiger partial charge in [-0.25, -0.2) is 0 Å². The van der Waals surface area contributed by atoms with Gasteiger partial charge in [-0.1, -0.05) is 13.8 Å². The molecule has 0 aromatic carbocycles. The van der Waals surface area contributed by atoms with Crippen molar-refractivity contribution in [2.45, 2.75) is 52.1 Å². The molecule has 0 aromatic rings. The van der Waals surface area contributed by atoms with Gasteiger partial charge in [0.1, 0.15) is 0 Å². The van der Waals surface area contributed by atoms with Crippen LogP contribution in [0.3, 0.4) is 0 Å². The highest BCUT2D eigenvalue weighted by atomic mass is 32.2. The van der Waals surface area contributed by atoms with Crippen LogP contribution in [-0.4, -0.2) is 55.8 Å². The Morgan fingerprint density at radius 3 is 2.61 bits per heavy atom. The van der Waals surface area contributed by atoms with Crippen molar-refractivity contribution in [3.05, 3.63) is 0 Å². The van der Waals surface area contributed by atoms with Crippen LogP contribution in [0.5, 0.6) is 0 Å². The number of hydrogen-bond donors (Lipinski definition) is 1. The van der Waals surface area contributed by atoms with Crippen molar-refractivity contribution in [2.24, 2.45) is 0 Å². The van der Waals surface area contributed by atoms with Gasteiger partial charge in [-0.3, -0.25) is 0 Å². The standard InChI is InChI=1S/C12H27N3O2S/c1-11(2)13-8-6-9-14(4)18(16,17)15-10-5-7-12(15)3/h11-13H,5-10H2,1-4H3. The quantitative estimate of drug-likeness (QED) is 0.707. The van der Waals surface area contributed by atoms with Crippen molar-refractivity contribution in [1.82, 2.24) is 13.9 Å². The van der Waals surface area contributed by atoms with Crippen molar-refractivity contribution in [3.8, 4) is 0 Å². The second-order valence-corrected chi connectivity index (χ2v) is 7.38. The molecule has 1 atom stereocenters. The molecule has 0 aliphatic carbocycles. The molecule has 5 nitrogen and oxygen atoms in total. The molecule has 0 radical (unpaired) electrons. The Hall–Kier alpha value is -0.170. The molecule has 18 heavy (non-hydrogen) atoms. The molecular weight excluding hydrogens is 250 g/mol. The second-order valence-electron chi connectivity index (χ2n) is 5.39. The smallest absolute Gasteiger partial charge is 0.281 e. The van der Waals surface area contributed by atoms with E-state index in [4.69, 9.17) is 0 Å². The lowest BCUT2D eigenvalue weighted by Gasteiger charge is -2.27. The van der Waals surface area contributed by atoms with E-state index in [0.29, 0.717) is 19.1 Å². The van der Waals surface area contributed by atoms with Crippen molar-refractivity contribution in [1.29, 1.82) is 0 Å². The largest absolute Gasteiger partial charge is 0.314 e. The fourth-order valence-electron chi connectivity index (χ4n) is 2.24. The zero-order chi connectivity index (χ0) is 13.8. The third kappa shape index (κ3) is 4.19. The average Bonchev–Trinajstić information content (AvgIpc) is 2.70. The van der Waals surface area contributed by atoms with Gasteiger partial charge in [-0.15, -0.1) is 0 Å². The summed E-state index contributed by atoms with van der Waals surface area (Å²) in [6.07, 6.45) is 2.79. The first-order chi connectivity index (χ1) is 8.35.